The topological polar surface area (TPSA) is 56.7 Å². The Balaban J connectivity index is 1.93. The molecule has 0 bridgehead atoms. The van der Waals surface area contributed by atoms with Crippen molar-refractivity contribution in [3.63, 3.8) is 0 Å². The summed E-state index contributed by atoms with van der Waals surface area (Å²) in [6.45, 7) is 8.26. The SMILES string of the molecule is CCC(C)(C)c1nnc(-c2nn(-c3ccc(Cl)cc3Cl)c(-c3ccccc3)c2C)o1. The van der Waals surface area contributed by atoms with E-state index in [0.29, 0.717) is 27.5 Å². The molecule has 30 heavy (non-hydrogen) atoms. The quantitative estimate of drug-likeness (QED) is 0.338. The first-order chi connectivity index (χ1) is 14.3. The van der Waals surface area contributed by atoms with E-state index in [1.807, 2.05) is 48.0 Å². The summed E-state index contributed by atoms with van der Waals surface area (Å²) < 4.78 is 7.86. The molecule has 0 spiro atoms. The van der Waals surface area contributed by atoms with Crippen LogP contribution in [-0.2, 0) is 5.41 Å². The van der Waals surface area contributed by atoms with E-state index in [0.717, 1.165) is 28.9 Å². The van der Waals surface area contributed by atoms with Crippen molar-refractivity contribution in [2.75, 3.05) is 0 Å². The number of halogens is 2. The average Bonchev–Trinajstić information content (AvgIpc) is 3.34. The van der Waals surface area contributed by atoms with Crippen LogP contribution < -0.4 is 0 Å². The fraction of sp³-hybridized carbons (Fsp3) is 0.261. The first kappa shape index (κ1) is 20.6. The molecule has 2 heterocycles. The second-order valence-corrected chi connectivity index (χ2v) is 8.69. The van der Waals surface area contributed by atoms with Crippen LogP contribution >= 0.6 is 23.2 Å². The van der Waals surface area contributed by atoms with E-state index in [4.69, 9.17) is 32.7 Å². The minimum Gasteiger partial charge on any atom is -0.419 e. The van der Waals surface area contributed by atoms with Crippen LogP contribution in [0.25, 0.3) is 28.5 Å². The standard InChI is InChI=1S/C23H22Cl2N4O/c1-5-23(3,4)22-27-26-21(30-22)19-14(2)20(15-9-7-6-8-10-15)29(28-19)18-12-11-16(24)13-17(18)25/h6-13H,5H2,1-4H3. The highest BCUT2D eigenvalue weighted by Gasteiger charge is 2.28. The average molecular weight is 441 g/mol. The van der Waals surface area contributed by atoms with Crippen LogP contribution in [0.5, 0.6) is 0 Å². The van der Waals surface area contributed by atoms with Gasteiger partial charge in [-0.1, -0.05) is 74.3 Å². The normalized spacial score (nSPS) is 11.8. The van der Waals surface area contributed by atoms with Crippen molar-refractivity contribution < 1.29 is 4.42 Å². The molecule has 0 N–H and O–H groups in total. The lowest BCUT2D eigenvalue weighted by atomic mass is 9.90. The number of rotatable bonds is 5. The minimum atomic E-state index is -0.205. The van der Waals surface area contributed by atoms with Crippen LogP contribution in [0.1, 0.15) is 38.6 Å². The summed E-state index contributed by atoms with van der Waals surface area (Å²) in [4.78, 5) is 0. The Kier molecular flexibility index (Phi) is 5.43. The largest absolute Gasteiger partial charge is 0.419 e. The summed E-state index contributed by atoms with van der Waals surface area (Å²) in [6.07, 6.45) is 0.887. The molecule has 0 aliphatic heterocycles. The van der Waals surface area contributed by atoms with Crippen molar-refractivity contribution in [3.8, 4) is 28.5 Å². The summed E-state index contributed by atoms with van der Waals surface area (Å²) in [5.74, 6) is 0.991. The van der Waals surface area contributed by atoms with Crippen LogP contribution in [0.4, 0.5) is 0 Å². The molecule has 0 fully saturated rings. The third kappa shape index (κ3) is 3.64. The van der Waals surface area contributed by atoms with Gasteiger partial charge in [0.05, 0.1) is 16.4 Å². The number of nitrogens with zero attached hydrogens (tertiary/aromatic N) is 4. The number of hydrogen-bond donors (Lipinski definition) is 0. The van der Waals surface area contributed by atoms with Gasteiger partial charge in [0.25, 0.3) is 5.89 Å². The van der Waals surface area contributed by atoms with E-state index in [-0.39, 0.29) is 5.41 Å². The Morgan fingerprint density at radius 3 is 2.43 bits per heavy atom. The summed E-state index contributed by atoms with van der Waals surface area (Å²) in [5.41, 5.74) is 3.99. The van der Waals surface area contributed by atoms with Crippen molar-refractivity contribution >= 4 is 23.2 Å². The van der Waals surface area contributed by atoms with Gasteiger partial charge in [-0.2, -0.15) is 5.10 Å². The molecule has 4 aromatic rings. The van der Waals surface area contributed by atoms with Gasteiger partial charge in [-0.25, -0.2) is 4.68 Å². The molecule has 0 radical (unpaired) electrons. The van der Waals surface area contributed by atoms with Crippen molar-refractivity contribution in [2.45, 2.75) is 39.5 Å². The second-order valence-electron chi connectivity index (χ2n) is 7.85. The Morgan fingerprint density at radius 1 is 1.03 bits per heavy atom. The zero-order valence-electron chi connectivity index (χ0n) is 17.3. The van der Waals surface area contributed by atoms with E-state index in [9.17, 15) is 0 Å². The van der Waals surface area contributed by atoms with Gasteiger partial charge >= 0.3 is 0 Å². The van der Waals surface area contributed by atoms with Crippen molar-refractivity contribution in [1.82, 2.24) is 20.0 Å². The predicted molar refractivity (Wildman–Crippen MR) is 120 cm³/mol. The Bertz CT molecular complexity index is 1200. The molecule has 0 unspecified atom stereocenters. The summed E-state index contributed by atoms with van der Waals surface area (Å²) in [7, 11) is 0. The Hall–Kier alpha value is -2.63. The molecular weight excluding hydrogens is 419 g/mol. The summed E-state index contributed by atoms with van der Waals surface area (Å²) in [6, 6.07) is 15.4. The molecule has 2 aromatic carbocycles. The minimum absolute atomic E-state index is 0.205. The first-order valence-corrected chi connectivity index (χ1v) is 10.5. The zero-order chi connectivity index (χ0) is 21.5. The van der Waals surface area contributed by atoms with Gasteiger partial charge < -0.3 is 4.42 Å². The Morgan fingerprint density at radius 2 is 1.77 bits per heavy atom. The predicted octanol–water partition coefficient (Wildman–Crippen LogP) is 6.89. The van der Waals surface area contributed by atoms with Crippen molar-refractivity contribution in [2.24, 2.45) is 0 Å². The number of benzene rings is 2. The maximum absolute atomic E-state index is 6.52. The van der Waals surface area contributed by atoms with E-state index >= 15 is 0 Å². The molecule has 0 amide bonds. The molecule has 5 nitrogen and oxygen atoms in total. The Labute approximate surface area is 185 Å². The van der Waals surface area contributed by atoms with E-state index in [2.05, 4.69) is 31.0 Å². The number of hydrogen-bond acceptors (Lipinski definition) is 4. The van der Waals surface area contributed by atoms with Gasteiger partial charge in [0.1, 0.15) is 0 Å². The smallest absolute Gasteiger partial charge is 0.268 e. The maximum atomic E-state index is 6.52. The third-order valence-electron chi connectivity index (χ3n) is 5.40. The molecule has 154 valence electrons. The van der Waals surface area contributed by atoms with Crippen LogP contribution in [0, 0.1) is 6.92 Å². The molecule has 0 aliphatic rings. The molecule has 4 rings (SSSR count). The highest BCUT2D eigenvalue weighted by atomic mass is 35.5. The molecule has 2 aromatic heterocycles. The van der Waals surface area contributed by atoms with Gasteiger partial charge in [-0.3, -0.25) is 0 Å². The monoisotopic (exact) mass is 440 g/mol. The van der Waals surface area contributed by atoms with E-state index in [1.165, 1.54) is 0 Å². The van der Waals surface area contributed by atoms with Crippen LogP contribution in [0.3, 0.4) is 0 Å². The van der Waals surface area contributed by atoms with Crippen LogP contribution in [-0.4, -0.2) is 20.0 Å². The van der Waals surface area contributed by atoms with E-state index < -0.39 is 0 Å². The van der Waals surface area contributed by atoms with Gasteiger partial charge in [0, 0.05) is 21.6 Å². The van der Waals surface area contributed by atoms with Gasteiger partial charge in [0.2, 0.25) is 5.89 Å². The highest BCUT2D eigenvalue weighted by Crippen LogP contribution is 2.36. The van der Waals surface area contributed by atoms with E-state index in [1.54, 1.807) is 12.1 Å². The summed E-state index contributed by atoms with van der Waals surface area (Å²) >= 11 is 12.6. The van der Waals surface area contributed by atoms with Gasteiger partial charge in [-0.15, -0.1) is 10.2 Å². The fourth-order valence-corrected chi connectivity index (χ4v) is 3.69. The zero-order valence-corrected chi connectivity index (χ0v) is 18.8. The lowest BCUT2D eigenvalue weighted by Gasteiger charge is -2.16. The number of aromatic nitrogens is 4. The molecule has 7 heteroatoms. The highest BCUT2D eigenvalue weighted by molar-refractivity contribution is 6.35. The summed E-state index contributed by atoms with van der Waals surface area (Å²) in [5, 5.41) is 14.5. The molecule has 0 saturated carbocycles. The molecule has 0 aliphatic carbocycles. The molecular formula is C23H22Cl2N4O. The van der Waals surface area contributed by atoms with Crippen molar-refractivity contribution in [3.05, 3.63) is 70.0 Å². The molecule has 0 atom stereocenters. The second kappa shape index (κ2) is 7.89. The first-order valence-electron chi connectivity index (χ1n) is 9.76. The lowest BCUT2D eigenvalue weighted by Crippen LogP contribution is -2.15. The van der Waals surface area contributed by atoms with Crippen molar-refractivity contribution in [1.29, 1.82) is 0 Å². The lowest BCUT2D eigenvalue weighted by molar-refractivity contribution is 0.364. The van der Waals surface area contributed by atoms with Crippen LogP contribution in [0.2, 0.25) is 10.0 Å². The van der Waals surface area contributed by atoms with Crippen LogP contribution in [0.15, 0.2) is 52.9 Å². The maximum Gasteiger partial charge on any atom is 0.268 e. The van der Waals surface area contributed by atoms with Gasteiger partial charge in [-0.05, 0) is 31.5 Å². The molecule has 0 saturated heterocycles. The third-order valence-corrected chi connectivity index (χ3v) is 5.94. The fourth-order valence-electron chi connectivity index (χ4n) is 3.20. The van der Waals surface area contributed by atoms with Gasteiger partial charge in [0.15, 0.2) is 5.69 Å².